The van der Waals surface area contributed by atoms with Crippen molar-refractivity contribution in [2.75, 3.05) is 11.5 Å². The van der Waals surface area contributed by atoms with Crippen LogP contribution in [0, 0.1) is 0 Å². The van der Waals surface area contributed by atoms with Gasteiger partial charge in [0.15, 0.2) is 10.8 Å². The predicted octanol–water partition coefficient (Wildman–Crippen LogP) is 0.923. The number of anilines is 1. The van der Waals surface area contributed by atoms with E-state index in [1.165, 1.54) is 22.7 Å². The van der Waals surface area contributed by atoms with Crippen LogP contribution >= 0.6 is 23.1 Å². The molecule has 0 radical (unpaired) electrons. The molecule has 0 spiro atoms. The second kappa shape index (κ2) is 8.48. The Labute approximate surface area is 179 Å². The minimum Gasteiger partial charge on any atom is -0.477 e. The van der Waals surface area contributed by atoms with Crippen molar-refractivity contribution >= 4 is 51.7 Å². The predicted molar refractivity (Wildman–Crippen MR) is 112 cm³/mol. The number of β-lactam (4-membered cyclic amide) rings is 1. The van der Waals surface area contributed by atoms with Gasteiger partial charge in [0.25, 0.3) is 11.8 Å². The number of rotatable bonds is 6. The van der Waals surface area contributed by atoms with Crippen LogP contribution in [0.1, 0.15) is 25.0 Å². The number of amides is 2. The highest BCUT2D eigenvalue weighted by Crippen LogP contribution is 2.37. The van der Waals surface area contributed by atoms with E-state index in [-0.39, 0.29) is 28.3 Å². The van der Waals surface area contributed by atoms with E-state index in [1.807, 2.05) is 12.2 Å². The van der Waals surface area contributed by atoms with Gasteiger partial charge in [-0.1, -0.05) is 11.2 Å². The monoisotopic (exact) mass is 449 g/mol. The molecule has 12 heteroatoms. The largest absolute Gasteiger partial charge is 0.477 e. The first-order valence-electron chi connectivity index (χ1n) is 9.26. The van der Waals surface area contributed by atoms with Gasteiger partial charge in [-0.05, 0) is 31.4 Å². The fourth-order valence-electron chi connectivity index (χ4n) is 3.34. The molecule has 2 aliphatic heterocycles. The molecule has 1 aliphatic carbocycles. The first-order chi connectivity index (χ1) is 14.5. The zero-order valence-corrected chi connectivity index (χ0v) is 17.3. The molecule has 4 N–H and O–H groups in total. The van der Waals surface area contributed by atoms with Crippen molar-refractivity contribution in [3.8, 4) is 0 Å². The topological polar surface area (TPSA) is 147 Å². The number of aliphatic carboxylic acids is 1. The quantitative estimate of drug-likeness (QED) is 0.251. The van der Waals surface area contributed by atoms with Gasteiger partial charge in [-0.3, -0.25) is 14.5 Å². The van der Waals surface area contributed by atoms with E-state index in [0.717, 1.165) is 30.6 Å². The number of thioether (sulfide) groups is 1. The number of carbonyl (C=O) groups is 3. The summed E-state index contributed by atoms with van der Waals surface area (Å²) in [6.07, 6.45) is 7.86. The lowest BCUT2D eigenvalue weighted by atomic mass is 10.0. The van der Waals surface area contributed by atoms with Crippen molar-refractivity contribution in [1.29, 1.82) is 0 Å². The number of hydrogen-bond acceptors (Lipinski definition) is 9. The first kappa shape index (κ1) is 20.4. The molecule has 3 atom stereocenters. The molecule has 3 aliphatic rings. The summed E-state index contributed by atoms with van der Waals surface area (Å²) in [6, 6.07) is -0.860. The smallest absolute Gasteiger partial charge is 0.352 e. The van der Waals surface area contributed by atoms with Crippen LogP contribution in [0.25, 0.3) is 0 Å². The van der Waals surface area contributed by atoms with Crippen molar-refractivity contribution in [1.82, 2.24) is 15.2 Å². The number of carbonyl (C=O) groups excluding carboxylic acids is 2. The lowest BCUT2D eigenvalue weighted by Crippen LogP contribution is -2.70. The van der Waals surface area contributed by atoms with Crippen molar-refractivity contribution < 1.29 is 24.3 Å². The lowest BCUT2D eigenvalue weighted by Gasteiger charge is -2.48. The van der Waals surface area contributed by atoms with Gasteiger partial charge in [0.1, 0.15) is 28.9 Å². The minimum atomic E-state index is -1.17. The van der Waals surface area contributed by atoms with Crippen LogP contribution in [0.5, 0.6) is 0 Å². The molecule has 2 amide bonds. The highest BCUT2D eigenvalue weighted by molar-refractivity contribution is 8.00. The van der Waals surface area contributed by atoms with Crippen LogP contribution in [0.4, 0.5) is 5.13 Å². The molecule has 158 valence electrons. The van der Waals surface area contributed by atoms with Crippen LogP contribution in [-0.2, 0) is 19.2 Å². The molecule has 1 aromatic rings. The number of aromatic nitrogens is 1. The number of oxime groups is 1. The standard InChI is InChI=1S/C18H19N5O5S2/c19-18-20-10(8-30-18)12(22-28-9-4-2-1-3-5-9)14(24)21-13-15(25)23-11(17(26)27)6-7-29-16(13)23/h2,4,6,8-9,13,16H,1,3,5,7H2,(H2,19,20)(H,21,24)(H,26,27)/t9?,13?,16-/m1/s1. The van der Waals surface area contributed by atoms with E-state index in [1.54, 1.807) is 5.38 Å². The number of thiazole rings is 1. The maximum absolute atomic E-state index is 12.9. The Hall–Kier alpha value is -2.86. The summed E-state index contributed by atoms with van der Waals surface area (Å²) in [4.78, 5) is 47.6. The summed E-state index contributed by atoms with van der Waals surface area (Å²) in [7, 11) is 0. The normalized spacial score (nSPS) is 25.8. The average Bonchev–Trinajstić information content (AvgIpc) is 3.18. The summed E-state index contributed by atoms with van der Waals surface area (Å²) >= 11 is 2.53. The highest BCUT2D eigenvalue weighted by atomic mass is 32.2. The molecule has 10 nitrogen and oxygen atoms in total. The number of hydrogen-bond donors (Lipinski definition) is 3. The third kappa shape index (κ3) is 3.92. The number of nitrogens with one attached hydrogen (secondary N) is 1. The minimum absolute atomic E-state index is 0.0668. The fraction of sp³-hybridized carbons (Fsp3) is 0.389. The van der Waals surface area contributed by atoms with Gasteiger partial charge < -0.3 is 21.0 Å². The molecule has 0 saturated carbocycles. The maximum atomic E-state index is 12.9. The number of allylic oxidation sites excluding steroid dienone is 1. The second-order valence-electron chi connectivity index (χ2n) is 6.79. The molecule has 0 bridgehead atoms. The zero-order chi connectivity index (χ0) is 21.3. The van der Waals surface area contributed by atoms with Crippen LogP contribution < -0.4 is 11.1 Å². The number of carboxylic acids is 1. The van der Waals surface area contributed by atoms with Gasteiger partial charge >= 0.3 is 5.97 Å². The average molecular weight is 450 g/mol. The van der Waals surface area contributed by atoms with Gasteiger partial charge in [0, 0.05) is 11.1 Å². The van der Waals surface area contributed by atoms with Gasteiger partial charge in [0.05, 0.1) is 0 Å². The summed E-state index contributed by atoms with van der Waals surface area (Å²) in [5, 5.41) is 17.3. The molecule has 1 aromatic heterocycles. The molecule has 1 fully saturated rings. The Morgan fingerprint density at radius 3 is 2.93 bits per heavy atom. The molecular formula is C18H19N5O5S2. The fourth-order valence-corrected chi connectivity index (χ4v) is 5.08. The Morgan fingerprint density at radius 1 is 1.43 bits per heavy atom. The van der Waals surface area contributed by atoms with Crippen molar-refractivity contribution in [2.24, 2.45) is 5.16 Å². The van der Waals surface area contributed by atoms with Crippen LogP contribution in [0.15, 0.2) is 34.5 Å². The number of nitrogens with zero attached hydrogens (tertiary/aromatic N) is 3. The molecule has 4 rings (SSSR count). The number of nitrogen functional groups attached to an aromatic ring is 1. The van der Waals surface area contributed by atoms with E-state index in [0.29, 0.717) is 5.75 Å². The summed E-state index contributed by atoms with van der Waals surface area (Å²) in [5.74, 6) is -1.86. The molecule has 0 aromatic carbocycles. The number of carboxylic acid groups (broad SMARTS) is 1. The highest BCUT2D eigenvalue weighted by Gasteiger charge is 2.53. The van der Waals surface area contributed by atoms with Crippen LogP contribution in [-0.4, -0.2) is 61.8 Å². The Bertz CT molecular complexity index is 972. The summed E-state index contributed by atoms with van der Waals surface area (Å²) in [5.41, 5.74) is 5.79. The maximum Gasteiger partial charge on any atom is 0.352 e. The third-order valence-electron chi connectivity index (χ3n) is 4.82. The number of fused-ring (bicyclic) bond motifs is 1. The Kier molecular flexibility index (Phi) is 5.77. The lowest BCUT2D eigenvalue weighted by molar-refractivity contribution is -0.150. The van der Waals surface area contributed by atoms with Crippen molar-refractivity contribution in [3.05, 3.63) is 35.0 Å². The second-order valence-corrected chi connectivity index (χ2v) is 8.83. The molecule has 3 heterocycles. The summed E-state index contributed by atoms with van der Waals surface area (Å²) in [6.45, 7) is 0. The van der Waals surface area contributed by atoms with E-state index in [9.17, 15) is 19.5 Å². The third-order valence-corrected chi connectivity index (χ3v) is 6.68. The molecular weight excluding hydrogens is 430 g/mol. The molecule has 1 saturated heterocycles. The van der Waals surface area contributed by atoms with Crippen LogP contribution in [0.3, 0.4) is 0 Å². The van der Waals surface area contributed by atoms with E-state index < -0.39 is 29.2 Å². The molecule has 2 unspecified atom stereocenters. The van der Waals surface area contributed by atoms with Gasteiger partial charge in [0.2, 0.25) is 0 Å². The van der Waals surface area contributed by atoms with Gasteiger partial charge in [-0.2, -0.15) is 0 Å². The molecule has 30 heavy (non-hydrogen) atoms. The Balaban J connectivity index is 1.50. The zero-order valence-electron chi connectivity index (χ0n) is 15.7. The first-order valence-corrected chi connectivity index (χ1v) is 11.2. The van der Waals surface area contributed by atoms with E-state index >= 15 is 0 Å². The number of nitrogens with two attached hydrogens (primary N) is 1. The van der Waals surface area contributed by atoms with Crippen LogP contribution in [0.2, 0.25) is 0 Å². The van der Waals surface area contributed by atoms with Crippen molar-refractivity contribution in [3.63, 3.8) is 0 Å². The van der Waals surface area contributed by atoms with Gasteiger partial charge in [-0.15, -0.1) is 23.1 Å². The van der Waals surface area contributed by atoms with Crippen molar-refractivity contribution in [2.45, 2.75) is 36.8 Å². The van der Waals surface area contributed by atoms with E-state index in [4.69, 9.17) is 10.6 Å². The van der Waals surface area contributed by atoms with Gasteiger partial charge in [-0.25, -0.2) is 9.78 Å². The Morgan fingerprint density at radius 2 is 2.27 bits per heavy atom. The SMILES string of the molecule is Nc1nc(C(=NOC2C=CCCC2)C(=O)NC2C(=O)N3C(C(=O)O)=CCS[C@H]23)cs1. The summed E-state index contributed by atoms with van der Waals surface area (Å²) < 4.78 is 0. The van der Waals surface area contributed by atoms with E-state index in [2.05, 4.69) is 15.5 Å².